The van der Waals surface area contributed by atoms with Gasteiger partial charge >= 0.3 is 5.97 Å². The topological polar surface area (TPSA) is 130 Å². The van der Waals surface area contributed by atoms with E-state index in [1.54, 1.807) is 13.8 Å². The second kappa shape index (κ2) is 9.67. The van der Waals surface area contributed by atoms with Crippen molar-refractivity contribution in [3.63, 3.8) is 0 Å². The molecular formula is C14H21NO7. The highest BCUT2D eigenvalue weighted by molar-refractivity contribution is 5.90. The minimum absolute atomic E-state index is 0.0973. The van der Waals surface area contributed by atoms with Crippen LogP contribution in [0.15, 0.2) is 12.2 Å². The van der Waals surface area contributed by atoms with E-state index in [0.717, 1.165) is 12.2 Å². The van der Waals surface area contributed by atoms with Crippen molar-refractivity contribution >= 4 is 24.6 Å². The predicted octanol–water partition coefficient (Wildman–Crippen LogP) is -0.349. The molecule has 2 atom stereocenters. The number of carboxylic acids is 1. The second-order valence-corrected chi connectivity index (χ2v) is 4.86. The van der Waals surface area contributed by atoms with Crippen LogP contribution in [0.25, 0.3) is 0 Å². The minimum Gasteiger partial charge on any atom is -0.479 e. The molecule has 0 saturated carbocycles. The average Bonchev–Trinajstić information content (AvgIpc) is 2.42. The third-order valence-corrected chi connectivity index (χ3v) is 2.80. The molecule has 0 aromatic heterocycles. The number of hydrogen-bond acceptors (Lipinski definition) is 6. The number of nitrogens with one attached hydrogen (secondary N) is 1. The number of ether oxygens (including phenoxy) is 1. The summed E-state index contributed by atoms with van der Waals surface area (Å²) in [6.45, 7) is 3.01. The van der Waals surface area contributed by atoms with Crippen molar-refractivity contribution in [1.82, 2.24) is 5.32 Å². The first-order valence-corrected chi connectivity index (χ1v) is 6.62. The van der Waals surface area contributed by atoms with E-state index in [0.29, 0.717) is 0 Å². The quantitative estimate of drug-likeness (QED) is 0.270. The van der Waals surface area contributed by atoms with E-state index in [1.165, 1.54) is 0 Å². The summed E-state index contributed by atoms with van der Waals surface area (Å²) in [6.07, 6.45) is 0.447. The summed E-state index contributed by atoms with van der Waals surface area (Å²) in [5.41, 5.74) is -2.52. The maximum absolute atomic E-state index is 12.2. The molecule has 3 N–H and O–H groups in total. The van der Waals surface area contributed by atoms with Gasteiger partial charge in [0.1, 0.15) is 7.63 Å². The second-order valence-electron chi connectivity index (χ2n) is 4.86. The SMILES string of the molecule is [2H]C(=O)C/C=C/[C@H](C(=O)NC(C)C)[C@@](O)(CCOC=O)C(=O)O. The van der Waals surface area contributed by atoms with Gasteiger partial charge in [-0.15, -0.1) is 0 Å². The fourth-order valence-electron chi connectivity index (χ4n) is 1.75. The zero-order valence-corrected chi connectivity index (χ0v) is 12.4. The standard InChI is InChI=1S/C14H21NO7/c1-10(2)15-12(18)11(5-3-4-7-16)14(21,13(19)20)6-8-22-9-17/h3,5,7,9-11,21H,4,6,8H2,1-2H3,(H,15,18)(H,19,20)/b5-3+/t11-,14+/m1/s1/i7D. The summed E-state index contributed by atoms with van der Waals surface area (Å²) >= 11 is 0. The van der Waals surface area contributed by atoms with E-state index in [9.17, 15) is 29.4 Å². The first-order valence-electron chi connectivity index (χ1n) is 7.12. The molecule has 22 heavy (non-hydrogen) atoms. The molecule has 0 aliphatic carbocycles. The van der Waals surface area contributed by atoms with E-state index >= 15 is 0 Å². The molecule has 0 radical (unpaired) electrons. The van der Waals surface area contributed by atoms with Crippen LogP contribution in [0.3, 0.4) is 0 Å². The third-order valence-electron chi connectivity index (χ3n) is 2.80. The van der Waals surface area contributed by atoms with Crippen molar-refractivity contribution in [1.29, 1.82) is 0 Å². The average molecular weight is 316 g/mol. The van der Waals surface area contributed by atoms with E-state index in [2.05, 4.69) is 10.1 Å². The van der Waals surface area contributed by atoms with Gasteiger partial charge in [-0.25, -0.2) is 4.79 Å². The summed E-state index contributed by atoms with van der Waals surface area (Å²) in [7, 11) is 0. The molecule has 8 nitrogen and oxygen atoms in total. The van der Waals surface area contributed by atoms with Crippen LogP contribution in [-0.2, 0) is 23.9 Å². The number of carbonyl (C=O) groups excluding carboxylic acids is 3. The Labute approximate surface area is 129 Å². The van der Waals surface area contributed by atoms with Crippen LogP contribution in [0.1, 0.15) is 28.1 Å². The van der Waals surface area contributed by atoms with E-state index in [1.807, 2.05) is 0 Å². The molecule has 0 saturated heterocycles. The number of aliphatic hydroxyl groups is 1. The van der Waals surface area contributed by atoms with Crippen LogP contribution in [-0.4, -0.2) is 53.1 Å². The molecule has 0 aromatic carbocycles. The largest absolute Gasteiger partial charge is 0.479 e. The van der Waals surface area contributed by atoms with Crippen molar-refractivity contribution in [2.45, 2.75) is 38.3 Å². The third kappa shape index (κ3) is 6.04. The Morgan fingerprint density at radius 3 is 2.50 bits per heavy atom. The molecule has 124 valence electrons. The highest BCUT2D eigenvalue weighted by atomic mass is 16.5. The normalized spacial score (nSPS) is 15.7. The molecule has 0 heterocycles. The number of allylic oxidation sites excluding steroid dienone is 1. The van der Waals surface area contributed by atoms with Crippen molar-refractivity contribution < 1.29 is 35.5 Å². The summed E-state index contributed by atoms with van der Waals surface area (Å²) in [4.78, 5) is 44.4. The molecule has 0 bridgehead atoms. The van der Waals surface area contributed by atoms with Gasteiger partial charge < -0.3 is 25.1 Å². The molecule has 0 aliphatic rings. The maximum Gasteiger partial charge on any atom is 0.336 e. The summed E-state index contributed by atoms with van der Waals surface area (Å²) in [5.74, 6) is -3.94. The fourth-order valence-corrected chi connectivity index (χ4v) is 1.75. The lowest BCUT2D eigenvalue weighted by atomic mass is 9.83. The van der Waals surface area contributed by atoms with Crippen LogP contribution >= 0.6 is 0 Å². The number of carboxylic acid groups (broad SMARTS) is 1. The van der Waals surface area contributed by atoms with E-state index in [4.69, 9.17) is 1.37 Å². The van der Waals surface area contributed by atoms with Crippen molar-refractivity contribution in [2.75, 3.05) is 6.61 Å². The van der Waals surface area contributed by atoms with Crippen LogP contribution in [0.2, 0.25) is 0 Å². The van der Waals surface area contributed by atoms with Gasteiger partial charge in [-0.3, -0.25) is 9.59 Å². The molecule has 8 heteroatoms. The van der Waals surface area contributed by atoms with Crippen LogP contribution in [0, 0.1) is 5.92 Å². The van der Waals surface area contributed by atoms with Gasteiger partial charge in [-0.2, -0.15) is 0 Å². The number of rotatable bonds is 11. The predicted molar refractivity (Wildman–Crippen MR) is 75.8 cm³/mol. The molecule has 0 rings (SSSR count). The van der Waals surface area contributed by atoms with Gasteiger partial charge in [-0.1, -0.05) is 12.2 Å². The van der Waals surface area contributed by atoms with Gasteiger partial charge in [-0.05, 0) is 13.8 Å². The zero-order chi connectivity index (χ0) is 18.0. The van der Waals surface area contributed by atoms with Crippen LogP contribution in [0.5, 0.6) is 0 Å². The van der Waals surface area contributed by atoms with E-state index in [-0.39, 0.29) is 18.9 Å². The molecule has 1 amide bonds. The molecule has 0 aliphatic heterocycles. The zero-order valence-electron chi connectivity index (χ0n) is 13.4. The van der Waals surface area contributed by atoms with Crippen molar-refractivity contribution in [3.8, 4) is 0 Å². The molecular weight excluding hydrogens is 294 g/mol. The van der Waals surface area contributed by atoms with E-state index < -0.39 is 42.7 Å². The number of hydrogen-bond donors (Lipinski definition) is 3. The Hall–Kier alpha value is -2.22. The Morgan fingerprint density at radius 1 is 1.41 bits per heavy atom. The number of aldehydes is 1. The smallest absolute Gasteiger partial charge is 0.336 e. The van der Waals surface area contributed by atoms with Gasteiger partial charge in [0.05, 0.1) is 12.5 Å². The summed E-state index contributed by atoms with van der Waals surface area (Å²) in [5, 5.41) is 22.1. The maximum atomic E-state index is 12.2. The number of carbonyl (C=O) groups is 4. The molecule has 0 spiro atoms. The molecule has 0 fully saturated rings. The lowest BCUT2D eigenvalue weighted by Gasteiger charge is -2.30. The van der Waals surface area contributed by atoms with Gasteiger partial charge in [0.25, 0.3) is 6.47 Å². The van der Waals surface area contributed by atoms with Crippen LogP contribution < -0.4 is 5.32 Å². The summed E-state index contributed by atoms with van der Waals surface area (Å²) in [6, 6.07) is -0.305. The monoisotopic (exact) mass is 316 g/mol. The number of amides is 1. The van der Waals surface area contributed by atoms with Gasteiger partial charge in [0, 0.05) is 18.9 Å². The van der Waals surface area contributed by atoms with Gasteiger partial charge in [0.15, 0.2) is 5.60 Å². The highest BCUT2D eigenvalue weighted by Gasteiger charge is 2.46. The summed E-state index contributed by atoms with van der Waals surface area (Å²) < 4.78 is 11.2. The van der Waals surface area contributed by atoms with Crippen LogP contribution in [0.4, 0.5) is 0 Å². The number of aliphatic carboxylic acids is 1. The molecule has 0 unspecified atom stereocenters. The minimum atomic E-state index is -2.52. The highest BCUT2D eigenvalue weighted by Crippen LogP contribution is 2.25. The first-order chi connectivity index (χ1) is 10.6. The van der Waals surface area contributed by atoms with Gasteiger partial charge in [0.2, 0.25) is 5.91 Å². The Bertz CT molecular complexity index is 478. The van der Waals surface area contributed by atoms with Crippen molar-refractivity contribution in [3.05, 3.63) is 12.2 Å². The Kier molecular flexibility index (Phi) is 7.84. The Morgan fingerprint density at radius 2 is 2.05 bits per heavy atom. The first kappa shape index (κ1) is 17.8. The van der Waals surface area contributed by atoms with Crippen molar-refractivity contribution in [2.24, 2.45) is 5.92 Å². The lowest BCUT2D eigenvalue weighted by molar-refractivity contribution is -0.169. The molecule has 0 aromatic rings. The Balaban J connectivity index is 5.48. The fraction of sp³-hybridized carbons (Fsp3) is 0.571. The lowest BCUT2D eigenvalue weighted by Crippen LogP contribution is -2.53.